The molecule has 0 spiro atoms. The smallest absolute Gasteiger partial charge is 0.339 e. The summed E-state index contributed by atoms with van der Waals surface area (Å²) < 4.78 is 51.2. The van der Waals surface area contributed by atoms with Crippen molar-refractivity contribution in [2.45, 2.75) is 14.7 Å². The van der Waals surface area contributed by atoms with Crippen LogP contribution in [0.1, 0.15) is 0 Å². The summed E-state index contributed by atoms with van der Waals surface area (Å²) in [6.45, 7) is 0. The Morgan fingerprint density at radius 3 is 1.64 bits per heavy atom. The van der Waals surface area contributed by atoms with E-state index in [1.807, 2.05) is 0 Å². The van der Waals surface area contributed by atoms with Crippen LogP contribution in [0, 0.1) is 0 Å². The van der Waals surface area contributed by atoms with Gasteiger partial charge in [0.1, 0.15) is 31.4 Å². The van der Waals surface area contributed by atoms with Crippen LogP contribution >= 0.6 is 21.4 Å². The highest BCUT2D eigenvalue weighted by Gasteiger charge is 2.19. The summed E-state index contributed by atoms with van der Waals surface area (Å²) in [6, 6.07) is 10.6. The van der Waals surface area contributed by atoms with Gasteiger partial charge < -0.3 is 13.3 Å². The lowest BCUT2D eigenvalue weighted by Crippen LogP contribution is -2.10. The topological polar surface area (TPSA) is 89.5 Å². The second kappa shape index (κ2) is 7.31. The maximum absolute atomic E-state index is 12.1. The van der Waals surface area contributed by atoms with Gasteiger partial charge in [-0.15, -0.1) is 0 Å². The molecule has 0 aliphatic carbocycles. The SMILES string of the molecule is O=S(=O)(Oc1ccc([S+]([O-])Cl)cc1)c1ccc([S+]([O-])Cl)cc1. The fourth-order valence-corrected chi connectivity index (χ4v) is 3.74. The quantitative estimate of drug-likeness (QED) is 0.570. The summed E-state index contributed by atoms with van der Waals surface area (Å²) in [6.07, 6.45) is 0. The molecular formula is C12H8Cl2O5S3. The summed E-state index contributed by atoms with van der Waals surface area (Å²) in [5.74, 6) is 0.0517. The van der Waals surface area contributed by atoms with Crippen molar-refractivity contribution in [1.82, 2.24) is 0 Å². The highest BCUT2D eigenvalue weighted by Crippen LogP contribution is 2.23. The Labute approximate surface area is 142 Å². The van der Waals surface area contributed by atoms with Gasteiger partial charge in [-0.05, 0) is 48.5 Å². The Hall–Kier alpha value is -0.610. The summed E-state index contributed by atoms with van der Waals surface area (Å²) in [5, 5.41) is 0. The molecule has 0 saturated carbocycles. The zero-order valence-electron chi connectivity index (χ0n) is 10.6. The van der Waals surface area contributed by atoms with Crippen molar-refractivity contribution in [3.05, 3.63) is 48.5 Å². The lowest BCUT2D eigenvalue weighted by Gasteiger charge is -2.08. The maximum atomic E-state index is 12.1. The number of hydrogen-bond acceptors (Lipinski definition) is 5. The molecule has 0 fully saturated rings. The second-order valence-corrected chi connectivity index (χ2v) is 8.99. The van der Waals surface area contributed by atoms with Gasteiger partial charge in [0.15, 0.2) is 31.2 Å². The first-order valence-electron chi connectivity index (χ1n) is 5.60. The monoisotopic (exact) mass is 398 g/mol. The molecule has 10 heteroatoms. The third-order valence-electron chi connectivity index (χ3n) is 2.51. The normalized spacial score (nSPS) is 14.4. The molecule has 0 aliphatic heterocycles. The van der Waals surface area contributed by atoms with Crippen molar-refractivity contribution < 1.29 is 21.7 Å². The number of hydrogen-bond donors (Lipinski definition) is 0. The first-order chi connectivity index (χ1) is 10.3. The predicted molar refractivity (Wildman–Crippen MR) is 85.2 cm³/mol. The van der Waals surface area contributed by atoms with Gasteiger partial charge in [0, 0.05) is 0 Å². The van der Waals surface area contributed by atoms with E-state index >= 15 is 0 Å². The van der Waals surface area contributed by atoms with Crippen molar-refractivity contribution in [2.75, 3.05) is 0 Å². The Bertz CT molecular complexity index is 730. The van der Waals surface area contributed by atoms with E-state index in [-0.39, 0.29) is 15.5 Å². The lowest BCUT2D eigenvalue weighted by atomic mass is 10.3. The third-order valence-corrected chi connectivity index (χ3v) is 6.13. The van der Waals surface area contributed by atoms with E-state index in [2.05, 4.69) is 0 Å². The van der Waals surface area contributed by atoms with E-state index in [9.17, 15) is 17.5 Å². The first kappa shape index (κ1) is 17.7. The molecule has 0 bridgehead atoms. The first-order valence-corrected chi connectivity index (χ1v) is 11.0. The zero-order valence-corrected chi connectivity index (χ0v) is 14.6. The maximum Gasteiger partial charge on any atom is 0.339 e. The average Bonchev–Trinajstić information content (AvgIpc) is 2.47. The van der Waals surface area contributed by atoms with Crippen molar-refractivity contribution in [2.24, 2.45) is 0 Å². The summed E-state index contributed by atoms with van der Waals surface area (Å²) in [5.41, 5.74) is 0. The van der Waals surface area contributed by atoms with Crippen molar-refractivity contribution >= 4 is 52.3 Å². The molecular weight excluding hydrogens is 391 g/mol. The van der Waals surface area contributed by atoms with E-state index in [4.69, 9.17) is 25.5 Å². The Balaban J connectivity index is 2.20. The van der Waals surface area contributed by atoms with Crippen LogP contribution < -0.4 is 4.18 Å². The number of halogens is 2. The van der Waals surface area contributed by atoms with Crippen LogP contribution in [0.15, 0.2) is 63.2 Å². The molecule has 5 nitrogen and oxygen atoms in total. The van der Waals surface area contributed by atoms with Crippen molar-refractivity contribution in [1.29, 1.82) is 0 Å². The van der Waals surface area contributed by atoms with Gasteiger partial charge >= 0.3 is 10.1 Å². The highest BCUT2D eigenvalue weighted by atomic mass is 35.7. The van der Waals surface area contributed by atoms with Gasteiger partial charge in [0.2, 0.25) is 0 Å². The molecule has 0 N–H and O–H groups in total. The molecule has 0 aromatic heterocycles. The molecule has 118 valence electrons. The fraction of sp³-hybridized carbons (Fsp3) is 0. The highest BCUT2D eigenvalue weighted by molar-refractivity contribution is 8.14. The van der Waals surface area contributed by atoms with E-state index in [0.717, 1.165) is 0 Å². The van der Waals surface area contributed by atoms with Crippen LogP contribution in [0.25, 0.3) is 0 Å². The summed E-state index contributed by atoms with van der Waals surface area (Å²) >= 11 is 0. The van der Waals surface area contributed by atoms with Gasteiger partial charge in [-0.1, -0.05) is 0 Å². The second-order valence-electron chi connectivity index (χ2n) is 3.93. The minimum Gasteiger partial charge on any atom is -0.594 e. The Morgan fingerprint density at radius 2 is 1.23 bits per heavy atom. The van der Waals surface area contributed by atoms with Gasteiger partial charge in [0.05, 0.1) is 0 Å². The minimum atomic E-state index is -4.04. The molecule has 2 rings (SSSR count). The predicted octanol–water partition coefficient (Wildman–Crippen LogP) is 2.98. The molecule has 0 amide bonds. The van der Waals surface area contributed by atoms with Crippen LogP contribution in [0.2, 0.25) is 0 Å². The molecule has 0 aliphatic rings. The average molecular weight is 399 g/mol. The van der Waals surface area contributed by atoms with Gasteiger partial charge in [-0.3, -0.25) is 0 Å². The van der Waals surface area contributed by atoms with Crippen molar-refractivity contribution in [3.8, 4) is 5.75 Å². The molecule has 0 radical (unpaired) electrons. The van der Waals surface area contributed by atoms with Crippen molar-refractivity contribution in [3.63, 3.8) is 0 Å². The van der Waals surface area contributed by atoms with Crippen LogP contribution in [-0.4, -0.2) is 17.5 Å². The van der Waals surface area contributed by atoms with Gasteiger partial charge in [0.25, 0.3) is 0 Å². The van der Waals surface area contributed by atoms with Gasteiger partial charge in [-0.2, -0.15) is 8.42 Å². The van der Waals surface area contributed by atoms with Crippen LogP contribution in [0.4, 0.5) is 0 Å². The molecule has 0 heterocycles. The molecule has 0 saturated heterocycles. The van der Waals surface area contributed by atoms with Crippen LogP contribution in [0.5, 0.6) is 5.75 Å². The standard InChI is InChI=1S/C12H8Cl2O5S3/c13-20(15)10-3-1-9(2-4-10)19-22(17,18)12-7-5-11(6-8-12)21(14)16/h1-8H. The summed E-state index contributed by atoms with van der Waals surface area (Å²) in [7, 11) is 3.37. The molecule has 2 aromatic carbocycles. The van der Waals surface area contributed by atoms with E-state index in [0.29, 0.717) is 4.90 Å². The Kier molecular flexibility index (Phi) is 5.89. The number of benzene rings is 2. The van der Waals surface area contributed by atoms with E-state index < -0.39 is 30.9 Å². The van der Waals surface area contributed by atoms with E-state index in [1.54, 1.807) is 0 Å². The lowest BCUT2D eigenvalue weighted by molar-refractivity contribution is 0.485. The van der Waals surface area contributed by atoms with E-state index in [1.165, 1.54) is 48.5 Å². The molecule has 2 atom stereocenters. The van der Waals surface area contributed by atoms with Gasteiger partial charge in [-0.25, -0.2) is 0 Å². The largest absolute Gasteiger partial charge is 0.594 e. The fourth-order valence-electron chi connectivity index (χ4n) is 1.49. The Morgan fingerprint density at radius 1 is 0.818 bits per heavy atom. The minimum absolute atomic E-state index is 0.0517. The zero-order chi connectivity index (χ0) is 16.3. The van der Waals surface area contributed by atoms with Crippen LogP contribution in [0.3, 0.4) is 0 Å². The third kappa shape index (κ3) is 4.45. The number of rotatable bonds is 5. The summed E-state index contributed by atoms with van der Waals surface area (Å²) in [4.78, 5) is 0.512. The molecule has 2 unspecified atom stereocenters. The van der Waals surface area contributed by atoms with Crippen LogP contribution in [-0.2, 0) is 30.9 Å². The molecule has 22 heavy (non-hydrogen) atoms. The molecule has 2 aromatic rings.